The Kier molecular flexibility index (Phi) is 2.23. The van der Waals surface area contributed by atoms with Gasteiger partial charge in [-0.05, 0) is 49.4 Å². The van der Waals surface area contributed by atoms with Crippen LogP contribution in [-0.2, 0) is 0 Å². The van der Waals surface area contributed by atoms with Gasteiger partial charge in [-0.2, -0.15) is 0 Å². The lowest BCUT2D eigenvalue weighted by Gasteiger charge is -2.36. The Morgan fingerprint density at radius 2 is 2.31 bits per heavy atom. The van der Waals surface area contributed by atoms with Gasteiger partial charge in [0.15, 0.2) is 0 Å². The van der Waals surface area contributed by atoms with E-state index in [4.69, 9.17) is 5.11 Å². The van der Waals surface area contributed by atoms with Gasteiger partial charge in [-0.1, -0.05) is 19.1 Å². The van der Waals surface area contributed by atoms with Crippen LogP contribution in [0.1, 0.15) is 39.0 Å². The van der Waals surface area contributed by atoms with Crippen molar-refractivity contribution in [3.8, 4) is 0 Å². The highest BCUT2D eigenvalue weighted by molar-refractivity contribution is 5.24. The van der Waals surface area contributed by atoms with Gasteiger partial charge in [-0.25, -0.2) is 0 Å². The molecule has 1 N–H and O–H groups in total. The van der Waals surface area contributed by atoms with E-state index in [9.17, 15) is 0 Å². The zero-order valence-electron chi connectivity index (χ0n) is 8.55. The maximum Gasteiger partial charge on any atom is 0.0431 e. The average Bonchev–Trinajstić information content (AvgIpc) is 2.68. The maximum absolute atomic E-state index is 8.87. The van der Waals surface area contributed by atoms with E-state index in [1.54, 1.807) is 0 Å². The first-order valence-corrected chi connectivity index (χ1v) is 5.48. The molecule has 0 saturated heterocycles. The van der Waals surface area contributed by atoms with E-state index in [0.717, 1.165) is 24.7 Å². The highest BCUT2D eigenvalue weighted by Gasteiger charge is 2.49. The molecule has 0 heterocycles. The molecule has 0 aromatic rings. The molecule has 74 valence electrons. The SMILES string of the molecule is C=C1C2CCC(C2)C1(C)CCCO. The predicted molar refractivity (Wildman–Crippen MR) is 54.4 cm³/mol. The van der Waals surface area contributed by atoms with E-state index in [1.807, 2.05) is 0 Å². The number of allylic oxidation sites excluding steroid dienone is 1. The van der Waals surface area contributed by atoms with E-state index in [0.29, 0.717) is 12.0 Å². The number of hydrogen-bond acceptors (Lipinski definition) is 1. The van der Waals surface area contributed by atoms with Crippen LogP contribution in [0.2, 0.25) is 0 Å². The summed E-state index contributed by atoms with van der Waals surface area (Å²) in [4.78, 5) is 0. The van der Waals surface area contributed by atoms with Crippen molar-refractivity contribution in [2.75, 3.05) is 6.61 Å². The Bertz CT molecular complexity index is 221. The summed E-state index contributed by atoms with van der Waals surface area (Å²) in [6.45, 7) is 6.95. The molecule has 2 aliphatic rings. The number of aliphatic hydroxyl groups is 1. The lowest BCUT2D eigenvalue weighted by Crippen LogP contribution is -2.26. The molecule has 2 rings (SSSR count). The molecule has 2 aliphatic carbocycles. The molecule has 0 aliphatic heterocycles. The largest absolute Gasteiger partial charge is 0.396 e. The third-order valence-electron chi connectivity index (χ3n) is 4.41. The Labute approximate surface area is 80.8 Å². The fraction of sp³-hybridized carbons (Fsp3) is 0.833. The van der Waals surface area contributed by atoms with Gasteiger partial charge in [0.2, 0.25) is 0 Å². The van der Waals surface area contributed by atoms with Gasteiger partial charge in [0.1, 0.15) is 0 Å². The van der Waals surface area contributed by atoms with Gasteiger partial charge >= 0.3 is 0 Å². The van der Waals surface area contributed by atoms with Crippen molar-refractivity contribution in [1.29, 1.82) is 0 Å². The Hall–Kier alpha value is -0.300. The van der Waals surface area contributed by atoms with Gasteiger partial charge in [0.05, 0.1) is 0 Å². The second-order valence-corrected chi connectivity index (χ2v) is 4.98. The first-order valence-electron chi connectivity index (χ1n) is 5.48. The number of fused-ring (bicyclic) bond motifs is 2. The molecular formula is C12H20O. The topological polar surface area (TPSA) is 20.2 Å². The molecular weight excluding hydrogens is 160 g/mol. The first-order chi connectivity index (χ1) is 6.18. The van der Waals surface area contributed by atoms with Crippen LogP contribution in [0.4, 0.5) is 0 Å². The number of aliphatic hydroxyl groups excluding tert-OH is 1. The van der Waals surface area contributed by atoms with Crippen molar-refractivity contribution in [1.82, 2.24) is 0 Å². The van der Waals surface area contributed by atoms with E-state index in [1.165, 1.54) is 24.8 Å². The summed E-state index contributed by atoms with van der Waals surface area (Å²) in [5.41, 5.74) is 1.85. The second-order valence-electron chi connectivity index (χ2n) is 4.98. The van der Waals surface area contributed by atoms with E-state index >= 15 is 0 Å². The molecule has 0 spiro atoms. The van der Waals surface area contributed by atoms with Crippen LogP contribution in [0.25, 0.3) is 0 Å². The summed E-state index contributed by atoms with van der Waals surface area (Å²) in [5.74, 6) is 1.69. The lowest BCUT2D eigenvalue weighted by molar-refractivity contribution is 0.201. The molecule has 3 atom stereocenters. The quantitative estimate of drug-likeness (QED) is 0.662. The summed E-state index contributed by atoms with van der Waals surface area (Å²) in [6.07, 6.45) is 6.23. The summed E-state index contributed by atoms with van der Waals surface area (Å²) in [6, 6.07) is 0. The minimum Gasteiger partial charge on any atom is -0.396 e. The number of rotatable bonds is 3. The van der Waals surface area contributed by atoms with Crippen LogP contribution < -0.4 is 0 Å². The van der Waals surface area contributed by atoms with Crippen LogP contribution >= 0.6 is 0 Å². The third-order valence-corrected chi connectivity index (χ3v) is 4.41. The minimum atomic E-state index is 0.334. The summed E-state index contributed by atoms with van der Waals surface area (Å²) < 4.78 is 0. The fourth-order valence-corrected chi connectivity index (χ4v) is 3.42. The normalized spacial score (nSPS) is 43.1. The summed E-state index contributed by atoms with van der Waals surface area (Å²) in [7, 11) is 0. The van der Waals surface area contributed by atoms with E-state index in [2.05, 4.69) is 13.5 Å². The van der Waals surface area contributed by atoms with Crippen molar-refractivity contribution < 1.29 is 5.11 Å². The second kappa shape index (κ2) is 3.13. The molecule has 13 heavy (non-hydrogen) atoms. The Morgan fingerprint density at radius 1 is 1.54 bits per heavy atom. The molecule has 2 bridgehead atoms. The zero-order chi connectivity index (χ0) is 9.47. The minimum absolute atomic E-state index is 0.334. The highest BCUT2D eigenvalue weighted by atomic mass is 16.2. The standard InChI is InChI=1S/C12H20O/c1-9-10-4-5-11(8-10)12(9,2)6-3-7-13/h10-11,13H,1,3-8H2,2H3. The molecule has 0 amide bonds. The first kappa shape index (κ1) is 9.26. The Balaban J connectivity index is 2.09. The zero-order valence-corrected chi connectivity index (χ0v) is 8.55. The van der Waals surface area contributed by atoms with Crippen molar-refractivity contribution in [3.63, 3.8) is 0 Å². The fourth-order valence-electron chi connectivity index (χ4n) is 3.42. The molecule has 2 saturated carbocycles. The third kappa shape index (κ3) is 1.25. The van der Waals surface area contributed by atoms with Crippen molar-refractivity contribution >= 4 is 0 Å². The average molecular weight is 180 g/mol. The van der Waals surface area contributed by atoms with E-state index in [-0.39, 0.29) is 0 Å². The van der Waals surface area contributed by atoms with Crippen molar-refractivity contribution in [2.45, 2.75) is 39.0 Å². The molecule has 2 fully saturated rings. The smallest absolute Gasteiger partial charge is 0.0431 e. The van der Waals surface area contributed by atoms with Crippen LogP contribution in [0.5, 0.6) is 0 Å². The van der Waals surface area contributed by atoms with Gasteiger partial charge in [-0.15, -0.1) is 0 Å². The van der Waals surface area contributed by atoms with Crippen LogP contribution in [0, 0.1) is 17.3 Å². The van der Waals surface area contributed by atoms with Gasteiger partial charge in [-0.3, -0.25) is 0 Å². The van der Waals surface area contributed by atoms with Gasteiger partial charge < -0.3 is 5.11 Å². The lowest BCUT2D eigenvalue weighted by atomic mass is 9.69. The maximum atomic E-state index is 8.87. The van der Waals surface area contributed by atoms with Crippen LogP contribution in [-0.4, -0.2) is 11.7 Å². The van der Waals surface area contributed by atoms with Crippen molar-refractivity contribution in [2.24, 2.45) is 17.3 Å². The molecule has 3 unspecified atom stereocenters. The summed E-state index contributed by atoms with van der Waals surface area (Å²) in [5, 5.41) is 8.87. The van der Waals surface area contributed by atoms with Gasteiger partial charge in [0, 0.05) is 6.61 Å². The van der Waals surface area contributed by atoms with Crippen LogP contribution in [0.15, 0.2) is 12.2 Å². The molecule has 0 aromatic carbocycles. The van der Waals surface area contributed by atoms with Crippen molar-refractivity contribution in [3.05, 3.63) is 12.2 Å². The predicted octanol–water partition coefficient (Wildman–Crippen LogP) is 2.75. The summed E-state index contributed by atoms with van der Waals surface area (Å²) >= 11 is 0. The monoisotopic (exact) mass is 180 g/mol. The van der Waals surface area contributed by atoms with E-state index < -0.39 is 0 Å². The molecule has 1 heteroatoms. The highest BCUT2D eigenvalue weighted by Crippen LogP contribution is 2.60. The molecule has 1 nitrogen and oxygen atoms in total. The van der Waals surface area contributed by atoms with Crippen LogP contribution in [0.3, 0.4) is 0 Å². The molecule has 0 aromatic heterocycles. The Morgan fingerprint density at radius 3 is 2.85 bits per heavy atom. The molecule has 0 radical (unpaired) electrons. The van der Waals surface area contributed by atoms with Gasteiger partial charge in [0.25, 0.3) is 0 Å². The number of hydrogen-bond donors (Lipinski definition) is 1.